The molecule has 3 saturated carbocycles. The molecule has 1 aliphatic heterocycles. The summed E-state index contributed by atoms with van der Waals surface area (Å²) in [5.74, 6) is -1.86. The van der Waals surface area contributed by atoms with Crippen LogP contribution in [0.4, 0.5) is 10.1 Å². The molecule has 1 spiro atoms. The Hall–Kier alpha value is -2.56. The van der Waals surface area contributed by atoms with Crippen molar-refractivity contribution in [1.29, 1.82) is 0 Å². The molecular weight excluding hydrogens is 585 g/mol. The number of carbonyl (C=O) groups excluding carboxylic acids is 3. The Morgan fingerprint density at radius 2 is 2.05 bits per heavy atom. The van der Waals surface area contributed by atoms with Crippen molar-refractivity contribution in [3.05, 3.63) is 46.0 Å². The van der Waals surface area contributed by atoms with Crippen LogP contribution in [0, 0.1) is 28.6 Å². The van der Waals surface area contributed by atoms with E-state index in [1.807, 2.05) is 6.92 Å². The van der Waals surface area contributed by atoms with Crippen molar-refractivity contribution in [2.45, 2.75) is 56.9 Å². The molecule has 10 heteroatoms. The minimum Gasteiger partial charge on any atom is -0.497 e. The van der Waals surface area contributed by atoms with Crippen LogP contribution in [-0.4, -0.2) is 60.3 Å². The standard InChI is InChI=1S/C30H33BrFNO7/c1-15-8-20-19-5-4-16-9-17(34)6-7-27(16,2)29(19,32)23(35)12-28(20)14-40-30(15,28)24(36)13-39-26(37)25-21(31)10-18(38-3)11-22(25)33/h6-7,9-11,15,19-20,23,35H,4-5,8,12-14,33H2,1-3H3/t15-,19+,20?,23+,27+,28-,29+,30+/m1/s1. The second-order valence-corrected chi connectivity index (χ2v) is 13.1. The lowest BCUT2D eigenvalue weighted by Crippen LogP contribution is -2.76. The highest BCUT2D eigenvalue weighted by Crippen LogP contribution is 2.74. The summed E-state index contributed by atoms with van der Waals surface area (Å²) >= 11 is 3.31. The number of rotatable bonds is 5. The number of allylic oxidation sites excluding steroid dienone is 4. The van der Waals surface area contributed by atoms with Crippen LogP contribution in [0.2, 0.25) is 0 Å². The first-order chi connectivity index (χ1) is 18.9. The van der Waals surface area contributed by atoms with Crippen molar-refractivity contribution in [3.8, 4) is 5.75 Å². The van der Waals surface area contributed by atoms with E-state index >= 15 is 4.39 Å². The molecule has 6 rings (SSSR count). The maximum Gasteiger partial charge on any atom is 0.341 e. The van der Waals surface area contributed by atoms with Gasteiger partial charge in [0.25, 0.3) is 0 Å². The van der Waals surface area contributed by atoms with E-state index in [1.54, 1.807) is 19.1 Å². The van der Waals surface area contributed by atoms with Crippen molar-refractivity contribution < 1.29 is 38.1 Å². The fourth-order valence-electron chi connectivity index (χ4n) is 8.91. The molecular formula is C30H33BrFNO7. The number of Topliss-reactive ketones (excluding diaryl/α,β-unsaturated/α-hetero) is 1. The maximum absolute atomic E-state index is 17.4. The van der Waals surface area contributed by atoms with E-state index in [9.17, 15) is 19.5 Å². The number of benzene rings is 1. The topological polar surface area (TPSA) is 125 Å². The Balaban J connectivity index is 1.27. The Morgan fingerprint density at radius 3 is 2.70 bits per heavy atom. The molecule has 0 bridgehead atoms. The summed E-state index contributed by atoms with van der Waals surface area (Å²) in [7, 11) is 1.48. The second-order valence-electron chi connectivity index (χ2n) is 12.2. The summed E-state index contributed by atoms with van der Waals surface area (Å²) in [6.07, 6.45) is 4.79. The van der Waals surface area contributed by atoms with Gasteiger partial charge in [-0.05, 0) is 78.6 Å². The number of carbonyl (C=O) groups is 3. The predicted molar refractivity (Wildman–Crippen MR) is 146 cm³/mol. The number of fused-ring (bicyclic) bond motifs is 4. The first-order valence-corrected chi connectivity index (χ1v) is 14.4. The number of hydrogen-bond donors (Lipinski definition) is 2. The molecule has 0 amide bonds. The van der Waals surface area contributed by atoms with E-state index in [4.69, 9.17) is 19.9 Å². The van der Waals surface area contributed by atoms with Gasteiger partial charge in [-0.2, -0.15) is 0 Å². The van der Waals surface area contributed by atoms with Crippen LogP contribution >= 0.6 is 15.9 Å². The fraction of sp³-hybridized carbons (Fsp3) is 0.567. The highest BCUT2D eigenvalue weighted by Gasteiger charge is 2.81. The molecule has 1 heterocycles. The number of nitrogens with two attached hydrogens (primary N) is 1. The average Bonchev–Trinajstić information content (AvgIpc) is 3.05. The molecule has 4 fully saturated rings. The lowest BCUT2D eigenvalue weighted by Gasteiger charge is -2.67. The van der Waals surface area contributed by atoms with E-state index in [2.05, 4.69) is 15.9 Å². The van der Waals surface area contributed by atoms with Gasteiger partial charge in [0.05, 0.1) is 31.1 Å². The molecule has 0 radical (unpaired) electrons. The van der Waals surface area contributed by atoms with E-state index in [0.29, 0.717) is 35.1 Å². The van der Waals surface area contributed by atoms with Gasteiger partial charge in [-0.15, -0.1) is 0 Å². The molecule has 214 valence electrons. The number of ether oxygens (including phenoxy) is 3. The van der Waals surface area contributed by atoms with Gasteiger partial charge in [-0.25, -0.2) is 9.18 Å². The number of ketones is 2. The largest absolute Gasteiger partial charge is 0.497 e. The summed E-state index contributed by atoms with van der Waals surface area (Å²) in [6, 6.07) is 3.07. The lowest BCUT2D eigenvalue weighted by molar-refractivity contribution is -0.309. The zero-order valence-electron chi connectivity index (χ0n) is 22.7. The Bertz CT molecular complexity index is 1370. The quantitative estimate of drug-likeness (QED) is 0.373. The number of halogens is 2. The molecule has 40 heavy (non-hydrogen) atoms. The molecule has 1 unspecified atom stereocenters. The highest BCUT2D eigenvalue weighted by atomic mass is 79.9. The van der Waals surface area contributed by atoms with Crippen LogP contribution in [-0.2, 0) is 19.1 Å². The molecule has 3 N–H and O–H groups in total. The molecule has 0 aromatic heterocycles. The van der Waals surface area contributed by atoms with Crippen LogP contribution < -0.4 is 10.5 Å². The van der Waals surface area contributed by atoms with Gasteiger partial charge >= 0.3 is 5.97 Å². The molecule has 5 aliphatic rings. The number of nitrogen functional groups attached to an aromatic ring is 1. The molecule has 1 aromatic carbocycles. The summed E-state index contributed by atoms with van der Waals surface area (Å²) in [4.78, 5) is 38.9. The van der Waals surface area contributed by atoms with E-state index < -0.39 is 52.5 Å². The van der Waals surface area contributed by atoms with Gasteiger partial charge in [-0.1, -0.05) is 18.6 Å². The minimum absolute atomic E-state index is 0.0519. The minimum atomic E-state index is -1.98. The van der Waals surface area contributed by atoms with Crippen molar-refractivity contribution in [2.75, 3.05) is 26.1 Å². The van der Waals surface area contributed by atoms with Gasteiger partial charge in [-0.3, -0.25) is 9.59 Å². The highest BCUT2D eigenvalue weighted by molar-refractivity contribution is 9.10. The average molecular weight is 618 g/mol. The van der Waals surface area contributed by atoms with Gasteiger partial charge in [0.1, 0.15) is 11.4 Å². The summed E-state index contributed by atoms with van der Waals surface area (Å²) < 4.78 is 34.5. The third-order valence-electron chi connectivity index (χ3n) is 10.7. The molecule has 8 atom stereocenters. The molecule has 4 aliphatic carbocycles. The predicted octanol–water partition coefficient (Wildman–Crippen LogP) is 4.13. The van der Waals surface area contributed by atoms with Crippen LogP contribution in [0.5, 0.6) is 5.75 Å². The van der Waals surface area contributed by atoms with Crippen LogP contribution in [0.25, 0.3) is 0 Å². The number of anilines is 1. The third kappa shape index (κ3) is 3.27. The zero-order valence-corrected chi connectivity index (χ0v) is 24.3. The smallest absolute Gasteiger partial charge is 0.341 e. The number of alkyl halides is 1. The van der Waals surface area contributed by atoms with Crippen molar-refractivity contribution in [3.63, 3.8) is 0 Å². The van der Waals surface area contributed by atoms with E-state index in [0.717, 1.165) is 0 Å². The SMILES string of the molecule is COc1cc(N)c(C(=O)OCC(=O)[C@]23OC[C@@]24C[C@H](O)[C@@]2(F)[C@@H](CCC5=CC(=O)C=C[C@@]52C)C4C[C@H]3C)c(Br)c1. The molecule has 8 nitrogen and oxygen atoms in total. The van der Waals surface area contributed by atoms with Gasteiger partial charge in [0.2, 0.25) is 5.78 Å². The normalized spacial score (nSPS) is 41.0. The number of esters is 1. The third-order valence-corrected chi connectivity index (χ3v) is 11.4. The van der Waals surface area contributed by atoms with Crippen LogP contribution in [0.3, 0.4) is 0 Å². The van der Waals surface area contributed by atoms with E-state index in [1.165, 1.54) is 25.3 Å². The fourth-order valence-corrected chi connectivity index (χ4v) is 9.53. The van der Waals surface area contributed by atoms with Gasteiger partial charge in [0, 0.05) is 27.3 Å². The van der Waals surface area contributed by atoms with Gasteiger partial charge in [0.15, 0.2) is 18.1 Å². The van der Waals surface area contributed by atoms with E-state index in [-0.39, 0.29) is 41.9 Å². The number of hydrogen-bond acceptors (Lipinski definition) is 8. The van der Waals surface area contributed by atoms with Crippen molar-refractivity contribution in [2.24, 2.45) is 28.6 Å². The van der Waals surface area contributed by atoms with Crippen LogP contribution in [0.1, 0.15) is 49.9 Å². The number of aliphatic hydroxyl groups excluding tert-OH is 1. The van der Waals surface area contributed by atoms with Crippen LogP contribution in [0.15, 0.2) is 40.4 Å². The summed E-state index contributed by atoms with van der Waals surface area (Å²) in [5.41, 5.74) is 1.85. The lowest BCUT2D eigenvalue weighted by atomic mass is 9.43. The summed E-state index contributed by atoms with van der Waals surface area (Å²) in [5, 5.41) is 11.5. The van der Waals surface area contributed by atoms with Crippen molar-refractivity contribution in [1.82, 2.24) is 0 Å². The summed E-state index contributed by atoms with van der Waals surface area (Å²) in [6.45, 7) is 3.38. The number of aliphatic hydroxyl groups is 1. The number of methoxy groups -OCH3 is 1. The Morgan fingerprint density at radius 1 is 1.30 bits per heavy atom. The Kier molecular flexibility index (Phi) is 6.19. The first kappa shape index (κ1) is 27.6. The first-order valence-electron chi connectivity index (χ1n) is 13.6. The van der Waals surface area contributed by atoms with Crippen molar-refractivity contribution >= 4 is 39.2 Å². The van der Waals surface area contributed by atoms with Gasteiger partial charge < -0.3 is 25.1 Å². The second kappa shape index (κ2) is 8.97. The maximum atomic E-state index is 17.4. The monoisotopic (exact) mass is 617 g/mol. The Labute approximate surface area is 240 Å². The molecule has 1 aromatic rings. The molecule has 1 saturated heterocycles. The zero-order chi connectivity index (χ0) is 28.8.